The molecule has 2 aliphatic heterocycles. The van der Waals surface area contributed by atoms with E-state index in [-0.39, 0.29) is 31.9 Å². The van der Waals surface area contributed by atoms with Gasteiger partial charge in [0, 0.05) is 32.7 Å². The van der Waals surface area contributed by atoms with Crippen molar-refractivity contribution in [3.63, 3.8) is 0 Å². The van der Waals surface area contributed by atoms with Crippen molar-refractivity contribution in [2.75, 3.05) is 37.6 Å². The average Bonchev–Trinajstić information content (AvgIpc) is 3.09. The number of alkyl halides is 3. The summed E-state index contributed by atoms with van der Waals surface area (Å²) in [5.74, 6) is -2.78. The lowest BCUT2D eigenvalue weighted by Gasteiger charge is -2.38. The first-order chi connectivity index (χ1) is 12.3. The summed E-state index contributed by atoms with van der Waals surface area (Å²) < 4.78 is 51.9. The molecule has 2 amide bonds. The molecule has 0 bridgehead atoms. The molecule has 0 radical (unpaired) electrons. The maximum absolute atomic E-state index is 13.9. The number of carbonyl (C=O) groups is 2. The highest BCUT2D eigenvalue weighted by molar-refractivity contribution is 5.90. The van der Waals surface area contributed by atoms with E-state index in [0.717, 1.165) is 0 Å². The van der Waals surface area contributed by atoms with Crippen molar-refractivity contribution in [3.8, 4) is 0 Å². The lowest BCUT2D eigenvalue weighted by molar-refractivity contribution is -0.187. The minimum absolute atomic E-state index is 0.0655. The number of hydrogen-bond acceptors (Lipinski definition) is 3. The van der Waals surface area contributed by atoms with Crippen LogP contribution in [0.1, 0.15) is 12.8 Å². The average molecular weight is 373 g/mol. The molecule has 2 heterocycles. The van der Waals surface area contributed by atoms with E-state index >= 15 is 0 Å². The van der Waals surface area contributed by atoms with Crippen LogP contribution in [0.2, 0.25) is 0 Å². The second-order valence-electron chi connectivity index (χ2n) is 6.42. The van der Waals surface area contributed by atoms with Crippen LogP contribution < -0.4 is 4.90 Å². The summed E-state index contributed by atoms with van der Waals surface area (Å²) in [6, 6.07) is 5.24. The fourth-order valence-corrected chi connectivity index (χ4v) is 3.52. The van der Waals surface area contributed by atoms with Gasteiger partial charge < -0.3 is 14.7 Å². The molecule has 0 N–H and O–H groups in total. The van der Waals surface area contributed by atoms with Crippen LogP contribution in [-0.2, 0) is 9.59 Å². The lowest BCUT2D eigenvalue weighted by Crippen LogP contribution is -2.56. The first-order valence-electron chi connectivity index (χ1n) is 8.45. The van der Waals surface area contributed by atoms with Gasteiger partial charge in [0.25, 0.3) is 0 Å². The number of benzene rings is 1. The Morgan fingerprint density at radius 2 is 1.65 bits per heavy atom. The van der Waals surface area contributed by atoms with E-state index in [2.05, 4.69) is 0 Å². The van der Waals surface area contributed by atoms with Gasteiger partial charge in [0.05, 0.1) is 5.69 Å². The molecule has 0 aromatic heterocycles. The van der Waals surface area contributed by atoms with Gasteiger partial charge >= 0.3 is 12.1 Å². The summed E-state index contributed by atoms with van der Waals surface area (Å²) in [5, 5.41) is 0. The molecule has 1 unspecified atom stereocenters. The Kier molecular flexibility index (Phi) is 5.06. The van der Waals surface area contributed by atoms with Crippen molar-refractivity contribution < 1.29 is 27.2 Å². The normalized spacial score (nSPS) is 21.2. The molecule has 1 aromatic carbocycles. The first kappa shape index (κ1) is 18.5. The van der Waals surface area contributed by atoms with Gasteiger partial charge in [0.2, 0.25) is 5.91 Å². The molecule has 3 rings (SSSR count). The van der Waals surface area contributed by atoms with Crippen molar-refractivity contribution in [2.45, 2.75) is 25.1 Å². The van der Waals surface area contributed by atoms with Gasteiger partial charge in [-0.3, -0.25) is 9.59 Å². The van der Waals surface area contributed by atoms with Crippen LogP contribution in [0.3, 0.4) is 0 Å². The quantitative estimate of drug-likeness (QED) is 0.746. The van der Waals surface area contributed by atoms with Gasteiger partial charge in [-0.25, -0.2) is 4.39 Å². The molecule has 142 valence electrons. The minimum Gasteiger partial charge on any atom is -0.366 e. The monoisotopic (exact) mass is 373 g/mol. The molecule has 0 aliphatic carbocycles. The molecule has 26 heavy (non-hydrogen) atoms. The van der Waals surface area contributed by atoms with Crippen LogP contribution in [-0.4, -0.2) is 66.6 Å². The third-order valence-corrected chi connectivity index (χ3v) is 4.83. The van der Waals surface area contributed by atoms with E-state index in [4.69, 9.17) is 0 Å². The van der Waals surface area contributed by atoms with E-state index in [9.17, 15) is 27.2 Å². The molecular formula is C17H19F4N3O2. The summed E-state index contributed by atoms with van der Waals surface area (Å²) >= 11 is 0. The highest BCUT2D eigenvalue weighted by atomic mass is 19.4. The Hall–Kier alpha value is -2.32. The van der Waals surface area contributed by atoms with Crippen LogP contribution >= 0.6 is 0 Å². The minimum atomic E-state index is -4.98. The number of likely N-dealkylation sites (tertiary alicyclic amines) is 1. The number of amides is 2. The van der Waals surface area contributed by atoms with Crippen molar-refractivity contribution >= 4 is 17.5 Å². The molecular weight excluding hydrogens is 354 g/mol. The fourth-order valence-electron chi connectivity index (χ4n) is 3.52. The topological polar surface area (TPSA) is 43.9 Å². The summed E-state index contributed by atoms with van der Waals surface area (Å²) in [5.41, 5.74) is 0.439. The number of rotatable bonds is 2. The second-order valence-corrected chi connectivity index (χ2v) is 6.42. The zero-order valence-corrected chi connectivity index (χ0v) is 14.0. The molecule has 2 saturated heterocycles. The Morgan fingerprint density at radius 3 is 2.27 bits per heavy atom. The predicted octanol–water partition coefficient (Wildman–Crippen LogP) is 2.03. The van der Waals surface area contributed by atoms with Crippen molar-refractivity contribution in [1.29, 1.82) is 0 Å². The van der Waals surface area contributed by atoms with Gasteiger partial charge in [-0.1, -0.05) is 12.1 Å². The predicted molar refractivity (Wildman–Crippen MR) is 86.0 cm³/mol. The Labute approximate surface area is 148 Å². The third kappa shape index (κ3) is 3.61. The Bertz CT molecular complexity index is 687. The third-order valence-electron chi connectivity index (χ3n) is 4.83. The fraction of sp³-hybridized carbons (Fsp3) is 0.529. The number of nitrogens with zero attached hydrogens (tertiary/aromatic N) is 3. The number of carbonyl (C=O) groups excluding carboxylic acids is 2. The standard InChI is InChI=1S/C17H19F4N3O2/c18-12-4-1-2-5-13(12)22-8-10-23(11-9-22)15(25)14-6-3-7-24(14)16(26)17(19,20)21/h1-2,4-5,14H,3,6-11H2. The lowest BCUT2D eigenvalue weighted by atomic mass is 10.1. The van der Waals surface area contributed by atoms with Crippen molar-refractivity contribution in [2.24, 2.45) is 0 Å². The van der Waals surface area contributed by atoms with E-state index in [1.165, 1.54) is 11.0 Å². The zero-order chi connectivity index (χ0) is 18.9. The molecule has 0 saturated carbocycles. The number of piperazine rings is 1. The molecule has 1 aromatic rings. The van der Waals surface area contributed by atoms with E-state index in [1.54, 1.807) is 23.1 Å². The Morgan fingerprint density at radius 1 is 1.00 bits per heavy atom. The van der Waals surface area contributed by atoms with E-state index in [0.29, 0.717) is 30.1 Å². The molecule has 2 aliphatic rings. The maximum Gasteiger partial charge on any atom is 0.471 e. The van der Waals surface area contributed by atoms with Crippen LogP contribution in [0.5, 0.6) is 0 Å². The Balaban J connectivity index is 1.63. The highest BCUT2D eigenvalue weighted by Gasteiger charge is 2.48. The van der Waals surface area contributed by atoms with Gasteiger partial charge in [-0.15, -0.1) is 0 Å². The van der Waals surface area contributed by atoms with Gasteiger partial charge in [0.15, 0.2) is 0 Å². The number of halogens is 4. The zero-order valence-electron chi connectivity index (χ0n) is 14.0. The molecule has 2 fully saturated rings. The summed E-state index contributed by atoms with van der Waals surface area (Å²) in [7, 11) is 0. The van der Waals surface area contributed by atoms with Crippen LogP contribution in [0.4, 0.5) is 23.2 Å². The molecule has 0 spiro atoms. The number of para-hydroxylation sites is 1. The van der Waals surface area contributed by atoms with Gasteiger partial charge in [-0.05, 0) is 25.0 Å². The van der Waals surface area contributed by atoms with Crippen molar-refractivity contribution in [3.05, 3.63) is 30.1 Å². The maximum atomic E-state index is 13.9. The summed E-state index contributed by atoms with van der Waals surface area (Å²) in [6.07, 6.45) is -4.38. The van der Waals surface area contributed by atoms with Crippen LogP contribution in [0, 0.1) is 5.82 Å². The van der Waals surface area contributed by atoms with Gasteiger partial charge in [0.1, 0.15) is 11.9 Å². The second kappa shape index (κ2) is 7.13. The highest BCUT2D eigenvalue weighted by Crippen LogP contribution is 2.27. The number of hydrogen-bond donors (Lipinski definition) is 0. The largest absolute Gasteiger partial charge is 0.471 e. The van der Waals surface area contributed by atoms with E-state index in [1.807, 2.05) is 0 Å². The van der Waals surface area contributed by atoms with Crippen molar-refractivity contribution in [1.82, 2.24) is 9.80 Å². The van der Waals surface area contributed by atoms with Gasteiger partial charge in [-0.2, -0.15) is 13.2 Å². The summed E-state index contributed by atoms with van der Waals surface area (Å²) in [6.45, 7) is 1.25. The smallest absolute Gasteiger partial charge is 0.366 e. The number of anilines is 1. The molecule has 1 atom stereocenters. The van der Waals surface area contributed by atoms with Crippen LogP contribution in [0.25, 0.3) is 0 Å². The summed E-state index contributed by atoms with van der Waals surface area (Å²) in [4.78, 5) is 28.0. The van der Waals surface area contributed by atoms with Crippen LogP contribution in [0.15, 0.2) is 24.3 Å². The first-order valence-corrected chi connectivity index (χ1v) is 8.45. The van der Waals surface area contributed by atoms with E-state index < -0.39 is 24.0 Å². The molecule has 9 heteroatoms. The molecule has 5 nitrogen and oxygen atoms in total. The SMILES string of the molecule is O=C(C1CCCN1C(=O)C(F)(F)F)N1CCN(c2ccccc2F)CC1.